The molecule has 1 aliphatic rings. The maximum absolute atomic E-state index is 10.4. The van der Waals surface area contributed by atoms with Gasteiger partial charge < -0.3 is 4.79 Å². The van der Waals surface area contributed by atoms with Gasteiger partial charge in [-0.15, -0.1) is 0 Å². The second kappa shape index (κ2) is 4.48. The third kappa shape index (κ3) is 2.49. The Bertz CT molecular complexity index is 369. The van der Waals surface area contributed by atoms with Crippen LogP contribution in [0.5, 0.6) is 0 Å². The Morgan fingerprint density at radius 3 is 2.80 bits per heavy atom. The van der Waals surface area contributed by atoms with E-state index in [0.29, 0.717) is 12.3 Å². The Hall–Kier alpha value is -0.630. The normalized spacial score (nSPS) is 17.5. The quantitative estimate of drug-likeness (QED) is 0.753. The molecule has 1 atom stereocenters. The third-order valence-electron chi connectivity index (χ3n) is 3.06. The van der Waals surface area contributed by atoms with Gasteiger partial charge in [0.05, 0.1) is 0 Å². The topological polar surface area (TPSA) is 17.1 Å². The van der Waals surface area contributed by atoms with Gasteiger partial charge in [-0.3, -0.25) is 0 Å². The van der Waals surface area contributed by atoms with E-state index in [1.807, 2.05) is 0 Å². The lowest BCUT2D eigenvalue weighted by Gasteiger charge is -2.11. The number of hydrogen-bond acceptors (Lipinski definition) is 1. The van der Waals surface area contributed by atoms with Crippen molar-refractivity contribution < 1.29 is 4.79 Å². The molecule has 1 fully saturated rings. The van der Waals surface area contributed by atoms with Gasteiger partial charge in [0.1, 0.15) is 6.29 Å². The minimum Gasteiger partial charge on any atom is -0.303 e. The van der Waals surface area contributed by atoms with Crippen LogP contribution in [0.4, 0.5) is 0 Å². The molecule has 80 valence electrons. The van der Waals surface area contributed by atoms with Crippen LogP contribution in [0, 0.1) is 0 Å². The molecule has 1 nitrogen and oxygen atoms in total. The summed E-state index contributed by atoms with van der Waals surface area (Å²) in [6.07, 6.45) is 4.24. The van der Waals surface area contributed by atoms with Crippen molar-refractivity contribution in [2.24, 2.45) is 0 Å². The standard InChI is InChI=1S/C13H15BrO/c1-9(6-7-15)11-4-5-12(10-2-3-10)13(14)8-11/h4-5,7-10H,2-3,6H2,1H3. The molecule has 2 rings (SSSR count). The van der Waals surface area contributed by atoms with E-state index in [4.69, 9.17) is 0 Å². The second-order valence-electron chi connectivity index (χ2n) is 4.36. The fourth-order valence-electron chi connectivity index (χ4n) is 1.86. The van der Waals surface area contributed by atoms with Crippen LogP contribution in [0.15, 0.2) is 22.7 Å². The fraction of sp³-hybridized carbons (Fsp3) is 0.462. The first-order valence-corrected chi connectivity index (χ1v) is 6.24. The van der Waals surface area contributed by atoms with Crippen molar-refractivity contribution >= 4 is 22.2 Å². The fourth-order valence-corrected chi connectivity index (χ4v) is 2.58. The highest BCUT2D eigenvalue weighted by molar-refractivity contribution is 9.10. The van der Waals surface area contributed by atoms with Crippen LogP contribution in [0.25, 0.3) is 0 Å². The first-order valence-electron chi connectivity index (χ1n) is 5.45. The van der Waals surface area contributed by atoms with Crippen molar-refractivity contribution in [1.82, 2.24) is 0 Å². The van der Waals surface area contributed by atoms with Gasteiger partial charge in [0.2, 0.25) is 0 Å². The van der Waals surface area contributed by atoms with E-state index in [9.17, 15) is 4.79 Å². The molecule has 2 heteroatoms. The molecular weight excluding hydrogens is 252 g/mol. The summed E-state index contributed by atoms with van der Waals surface area (Å²) in [5.41, 5.74) is 2.68. The smallest absolute Gasteiger partial charge is 0.120 e. The van der Waals surface area contributed by atoms with Gasteiger partial charge in [0.15, 0.2) is 0 Å². The highest BCUT2D eigenvalue weighted by Gasteiger charge is 2.25. The van der Waals surface area contributed by atoms with Gasteiger partial charge in [0, 0.05) is 10.9 Å². The Kier molecular flexibility index (Phi) is 3.25. The molecule has 1 saturated carbocycles. The van der Waals surface area contributed by atoms with Gasteiger partial charge in [0.25, 0.3) is 0 Å². The Balaban J connectivity index is 2.20. The van der Waals surface area contributed by atoms with Crippen molar-refractivity contribution in [3.8, 4) is 0 Å². The summed E-state index contributed by atoms with van der Waals surface area (Å²) in [5.74, 6) is 1.10. The number of benzene rings is 1. The van der Waals surface area contributed by atoms with Crippen molar-refractivity contribution in [3.63, 3.8) is 0 Å². The summed E-state index contributed by atoms with van der Waals surface area (Å²) in [5, 5.41) is 0. The SMILES string of the molecule is CC(CC=O)c1ccc(C2CC2)c(Br)c1. The largest absolute Gasteiger partial charge is 0.303 e. The van der Waals surface area contributed by atoms with E-state index >= 15 is 0 Å². The lowest BCUT2D eigenvalue weighted by molar-refractivity contribution is -0.108. The molecule has 0 spiro atoms. The Morgan fingerprint density at radius 1 is 1.53 bits per heavy atom. The number of carbonyl (C=O) groups is 1. The highest BCUT2D eigenvalue weighted by atomic mass is 79.9. The van der Waals surface area contributed by atoms with E-state index in [1.165, 1.54) is 28.4 Å². The number of hydrogen-bond donors (Lipinski definition) is 0. The van der Waals surface area contributed by atoms with Crippen LogP contribution in [-0.4, -0.2) is 6.29 Å². The van der Waals surface area contributed by atoms with Crippen LogP contribution in [0.2, 0.25) is 0 Å². The first-order chi connectivity index (χ1) is 7.22. The monoisotopic (exact) mass is 266 g/mol. The molecule has 15 heavy (non-hydrogen) atoms. The van der Waals surface area contributed by atoms with Gasteiger partial charge in [-0.2, -0.15) is 0 Å². The number of carbonyl (C=O) groups excluding carboxylic acids is 1. The summed E-state index contributed by atoms with van der Waals surface area (Å²) in [4.78, 5) is 10.4. The van der Waals surface area contributed by atoms with Crippen LogP contribution in [0.3, 0.4) is 0 Å². The third-order valence-corrected chi connectivity index (χ3v) is 3.75. The van der Waals surface area contributed by atoms with Crippen LogP contribution >= 0.6 is 15.9 Å². The minimum atomic E-state index is 0.326. The molecular formula is C13H15BrO. The molecule has 0 bridgehead atoms. The van der Waals surface area contributed by atoms with E-state index < -0.39 is 0 Å². The highest BCUT2D eigenvalue weighted by Crippen LogP contribution is 2.43. The number of rotatable bonds is 4. The zero-order chi connectivity index (χ0) is 10.8. The predicted octanol–water partition coefficient (Wildman–Crippen LogP) is 4.02. The maximum atomic E-state index is 10.4. The summed E-state index contributed by atoms with van der Waals surface area (Å²) in [7, 11) is 0. The molecule has 0 aromatic heterocycles. The van der Waals surface area contributed by atoms with E-state index in [2.05, 4.69) is 41.1 Å². The summed E-state index contributed by atoms with van der Waals surface area (Å²) in [6, 6.07) is 6.53. The van der Waals surface area contributed by atoms with Gasteiger partial charge >= 0.3 is 0 Å². The molecule has 0 aliphatic heterocycles. The lowest BCUT2D eigenvalue weighted by atomic mass is 9.96. The van der Waals surface area contributed by atoms with Crippen LogP contribution in [0.1, 0.15) is 49.1 Å². The maximum Gasteiger partial charge on any atom is 0.120 e. The average molecular weight is 267 g/mol. The predicted molar refractivity (Wildman–Crippen MR) is 65.2 cm³/mol. The molecule has 0 amide bonds. The van der Waals surface area contributed by atoms with Gasteiger partial charge in [-0.1, -0.05) is 35.0 Å². The van der Waals surface area contributed by atoms with Crippen LogP contribution < -0.4 is 0 Å². The van der Waals surface area contributed by atoms with Crippen molar-refractivity contribution in [2.75, 3.05) is 0 Å². The van der Waals surface area contributed by atoms with Crippen molar-refractivity contribution in [3.05, 3.63) is 33.8 Å². The summed E-state index contributed by atoms with van der Waals surface area (Å²) < 4.78 is 1.21. The minimum absolute atomic E-state index is 0.326. The molecule has 0 heterocycles. The molecule has 1 aromatic carbocycles. The molecule has 1 aromatic rings. The van der Waals surface area contributed by atoms with Crippen molar-refractivity contribution in [2.45, 2.75) is 38.0 Å². The van der Waals surface area contributed by atoms with E-state index in [-0.39, 0.29) is 0 Å². The average Bonchev–Trinajstić information content (AvgIpc) is 3.01. The lowest BCUT2D eigenvalue weighted by Crippen LogP contribution is -1.95. The first kappa shape index (κ1) is 10.9. The van der Waals surface area contributed by atoms with Gasteiger partial charge in [-0.05, 0) is 41.9 Å². The molecule has 1 unspecified atom stereocenters. The Morgan fingerprint density at radius 2 is 2.27 bits per heavy atom. The van der Waals surface area contributed by atoms with Crippen molar-refractivity contribution in [1.29, 1.82) is 0 Å². The summed E-state index contributed by atoms with van der Waals surface area (Å²) >= 11 is 3.62. The molecule has 1 aliphatic carbocycles. The number of aldehydes is 1. The second-order valence-corrected chi connectivity index (χ2v) is 5.21. The molecule has 0 saturated heterocycles. The zero-order valence-corrected chi connectivity index (χ0v) is 10.5. The Labute approximate surface area is 99.0 Å². The van der Waals surface area contributed by atoms with E-state index in [0.717, 1.165) is 12.2 Å². The van der Waals surface area contributed by atoms with E-state index in [1.54, 1.807) is 0 Å². The van der Waals surface area contributed by atoms with Gasteiger partial charge in [-0.25, -0.2) is 0 Å². The zero-order valence-electron chi connectivity index (χ0n) is 8.87. The summed E-state index contributed by atoms with van der Waals surface area (Å²) in [6.45, 7) is 2.09. The molecule has 0 N–H and O–H groups in total. The molecule has 0 radical (unpaired) electrons. The van der Waals surface area contributed by atoms with Crippen LogP contribution in [-0.2, 0) is 4.79 Å². The number of halogens is 1.